The van der Waals surface area contributed by atoms with Gasteiger partial charge >= 0.3 is 6.18 Å². The Labute approximate surface area is 78.2 Å². The second-order valence-corrected chi connectivity index (χ2v) is 5.22. The van der Waals surface area contributed by atoms with Gasteiger partial charge in [0, 0.05) is 17.8 Å². The van der Waals surface area contributed by atoms with Gasteiger partial charge in [-0.05, 0) is 0 Å². The quantitative estimate of drug-likeness (QED) is 0.698. The van der Waals surface area contributed by atoms with E-state index in [9.17, 15) is 21.6 Å². The van der Waals surface area contributed by atoms with E-state index in [1.54, 1.807) is 0 Å². The molecule has 0 radical (unpaired) electrons. The van der Waals surface area contributed by atoms with Crippen LogP contribution < -0.4 is 0 Å². The number of alkyl halides is 3. The third-order valence-electron chi connectivity index (χ3n) is 1.23. The number of ether oxygens (including phenoxy) is 1. The first kappa shape index (κ1) is 13.0. The highest BCUT2D eigenvalue weighted by Crippen LogP contribution is 2.28. The Morgan fingerprint density at radius 3 is 2.15 bits per heavy atom. The van der Waals surface area contributed by atoms with Gasteiger partial charge in [0.1, 0.15) is 0 Å². The smallest absolute Gasteiger partial charge is 0.384 e. The minimum Gasteiger partial charge on any atom is -0.384 e. The molecule has 0 heterocycles. The summed E-state index contributed by atoms with van der Waals surface area (Å²) in [7, 11) is 1.59. The Morgan fingerprint density at radius 2 is 1.92 bits per heavy atom. The lowest BCUT2D eigenvalue weighted by Gasteiger charge is -2.17. The van der Waals surface area contributed by atoms with Crippen molar-refractivity contribution >= 4 is 19.7 Å². The maximum absolute atomic E-state index is 12.0. The van der Waals surface area contributed by atoms with Crippen molar-refractivity contribution in [1.82, 2.24) is 0 Å². The molecule has 0 aromatic rings. The Hall–Kier alpha value is -0.0100. The lowest BCUT2D eigenvalue weighted by molar-refractivity contribution is -0.179. The molecule has 0 aliphatic carbocycles. The zero-order valence-electron chi connectivity index (χ0n) is 6.64. The van der Waals surface area contributed by atoms with Crippen molar-refractivity contribution in [1.29, 1.82) is 0 Å². The highest BCUT2D eigenvalue weighted by molar-refractivity contribution is 8.13. The van der Waals surface area contributed by atoms with E-state index in [2.05, 4.69) is 15.4 Å². The molecule has 0 spiro atoms. The minimum absolute atomic E-state index is 0.713. The summed E-state index contributed by atoms with van der Waals surface area (Å²) in [6.07, 6.45) is -4.61. The van der Waals surface area contributed by atoms with Crippen LogP contribution in [0, 0.1) is 5.92 Å². The predicted molar refractivity (Wildman–Crippen MR) is 41.1 cm³/mol. The molecular formula is C5H8ClF3O3S. The van der Waals surface area contributed by atoms with Crippen LogP contribution >= 0.6 is 10.7 Å². The monoisotopic (exact) mass is 240 g/mol. The molecule has 3 nitrogen and oxygen atoms in total. The summed E-state index contributed by atoms with van der Waals surface area (Å²) in [5.41, 5.74) is 0. The summed E-state index contributed by atoms with van der Waals surface area (Å²) in [4.78, 5) is 0. The summed E-state index contributed by atoms with van der Waals surface area (Å²) >= 11 is 0. The second-order valence-electron chi connectivity index (χ2n) is 2.40. The first-order valence-corrected chi connectivity index (χ1v) is 5.62. The molecule has 1 atom stereocenters. The van der Waals surface area contributed by atoms with Crippen LogP contribution in [0.25, 0.3) is 0 Å². The van der Waals surface area contributed by atoms with Gasteiger partial charge in [-0.3, -0.25) is 0 Å². The molecular weight excluding hydrogens is 233 g/mol. The van der Waals surface area contributed by atoms with E-state index < -0.39 is 33.5 Å². The van der Waals surface area contributed by atoms with Crippen molar-refractivity contribution in [3.05, 3.63) is 0 Å². The van der Waals surface area contributed by atoms with Crippen molar-refractivity contribution in [2.24, 2.45) is 5.92 Å². The normalized spacial score (nSPS) is 15.8. The number of hydrogen-bond acceptors (Lipinski definition) is 3. The van der Waals surface area contributed by atoms with Gasteiger partial charge in [-0.25, -0.2) is 8.42 Å². The molecule has 0 aliphatic rings. The number of halogens is 4. The molecule has 13 heavy (non-hydrogen) atoms. The number of rotatable bonds is 4. The molecule has 0 N–H and O–H groups in total. The average molecular weight is 241 g/mol. The van der Waals surface area contributed by atoms with E-state index in [1.165, 1.54) is 0 Å². The molecule has 0 aromatic carbocycles. The van der Waals surface area contributed by atoms with E-state index >= 15 is 0 Å². The fraction of sp³-hybridized carbons (Fsp3) is 1.00. The van der Waals surface area contributed by atoms with E-state index in [4.69, 9.17) is 0 Å². The molecule has 0 aliphatic heterocycles. The Balaban J connectivity index is 4.45. The van der Waals surface area contributed by atoms with Crippen molar-refractivity contribution in [2.45, 2.75) is 6.18 Å². The maximum atomic E-state index is 12.0. The van der Waals surface area contributed by atoms with Gasteiger partial charge in [0.25, 0.3) is 0 Å². The van der Waals surface area contributed by atoms with Crippen molar-refractivity contribution in [2.75, 3.05) is 19.5 Å². The van der Waals surface area contributed by atoms with Crippen LogP contribution in [-0.2, 0) is 13.8 Å². The summed E-state index contributed by atoms with van der Waals surface area (Å²) < 4.78 is 61.1. The molecule has 0 aromatic heterocycles. The van der Waals surface area contributed by atoms with Gasteiger partial charge < -0.3 is 4.74 Å². The topological polar surface area (TPSA) is 43.4 Å². The van der Waals surface area contributed by atoms with E-state index in [0.29, 0.717) is 0 Å². The van der Waals surface area contributed by atoms with Gasteiger partial charge in [0.15, 0.2) is 0 Å². The first-order valence-electron chi connectivity index (χ1n) is 3.15. The minimum atomic E-state index is -4.61. The zero-order chi connectivity index (χ0) is 10.7. The van der Waals surface area contributed by atoms with Gasteiger partial charge in [-0.15, -0.1) is 0 Å². The SMILES string of the molecule is COCC(CS(=O)(=O)Cl)C(F)(F)F. The van der Waals surface area contributed by atoms with Gasteiger partial charge in [0.2, 0.25) is 9.05 Å². The zero-order valence-corrected chi connectivity index (χ0v) is 8.21. The summed E-state index contributed by atoms with van der Waals surface area (Å²) in [5, 5.41) is 0. The fourth-order valence-corrected chi connectivity index (χ4v) is 1.90. The van der Waals surface area contributed by atoms with Crippen LogP contribution in [0.3, 0.4) is 0 Å². The molecule has 80 valence electrons. The standard InChI is InChI=1S/C5H8ClF3O3S/c1-12-2-4(5(7,8)9)3-13(6,10)11/h4H,2-3H2,1H3. The summed E-state index contributed by atoms with van der Waals surface area (Å²) in [6, 6.07) is 0. The second kappa shape index (κ2) is 4.47. The lowest BCUT2D eigenvalue weighted by atomic mass is 10.2. The van der Waals surface area contributed by atoms with Gasteiger partial charge in [-0.2, -0.15) is 13.2 Å². The van der Waals surface area contributed by atoms with Crippen LogP contribution in [0.1, 0.15) is 0 Å². The van der Waals surface area contributed by atoms with E-state index in [0.717, 1.165) is 7.11 Å². The highest BCUT2D eigenvalue weighted by atomic mass is 35.7. The van der Waals surface area contributed by atoms with Crippen LogP contribution in [0.15, 0.2) is 0 Å². The third kappa shape index (κ3) is 6.11. The Morgan fingerprint density at radius 1 is 1.46 bits per heavy atom. The van der Waals surface area contributed by atoms with Crippen molar-refractivity contribution in [3.8, 4) is 0 Å². The predicted octanol–water partition coefficient (Wildman–Crippen LogP) is 1.38. The van der Waals surface area contributed by atoms with E-state index in [-0.39, 0.29) is 0 Å². The molecule has 1 unspecified atom stereocenters. The van der Waals surface area contributed by atoms with Crippen LogP contribution in [0.5, 0.6) is 0 Å². The van der Waals surface area contributed by atoms with E-state index in [1.807, 2.05) is 0 Å². The van der Waals surface area contributed by atoms with Crippen LogP contribution in [0.2, 0.25) is 0 Å². The molecule has 0 bridgehead atoms. The summed E-state index contributed by atoms with van der Waals surface area (Å²) in [5.74, 6) is -3.23. The Bertz CT molecular complexity index is 248. The van der Waals surface area contributed by atoms with Gasteiger partial charge in [0.05, 0.1) is 18.3 Å². The Kier molecular flexibility index (Phi) is 4.47. The summed E-state index contributed by atoms with van der Waals surface area (Å²) in [6.45, 7) is -0.713. The average Bonchev–Trinajstić information content (AvgIpc) is 1.81. The molecule has 0 saturated heterocycles. The molecule has 0 fully saturated rings. The van der Waals surface area contributed by atoms with Crippen molar-refractivity contribution in [3.63, 3.8) is 0 Å². The number of hydrogen-bond donors (Lipinski definition) is 0. The number of methoxy groups -OCH3 is 1. The first-order chi connectivity index (χ1) is 5.67. The highest BCUT2D eigenvalue weighted by Gasteiger charge is 2.41. The third-order valence-corrected chi connectivity index (χ3v) is 2.41. The van der Waals surface area contributed by atoms with Crippen LogP contribution in [-0.4, -0.2) is 34.1 Å². The molecule has 0 amide bonds. The lowest BCUT2D eigenvalue weighted by Crippen LogP contribution is -2.32. The van der Waals surface area contributed by atoms with Crippen molar-refractivity contribution < 1.29 is 26.3 Å². The maximum Gasteiger partial charge on any atom is 0.395 e. The molecule has 0 rings (SSSR count). The largest absolute Gasteiger partial charge is 0.395 e. The molecule has 8 heteroatoms. The van der Waals surface area contributed by atoms with Gasteiger partial charge in [-0.1, -0.05) is 0 Å². The molecule has 0 saturated carbocycles. The fourth-order valence-electron chi connectivity index (χ4n) is 0.679. The van der Waals surface area contributed by atoms with Crippen LogP contribution in [0.4, 0.5) is 13.2 Å².